The number of fused-ring (bicyclic) bond motifs is 1. The number of nitrogens with zero attached hydrogens (tertiary/aromatic N) is 3. The molecule has 1 atom stereocenters. The number of carbonyl (C=O) groups excluding carboxylic acids is 1. The molecule has 3 aromatic carbocycles. The standard InChI is InChI=1S/C26H25N3O/c1-18-9-8-14-23(19(18)2)28-17-21(15-25(28)30)26-27-22-12-6-7-13-24(22)29(26)16-20-10-4-3-5-11-20/h3-14,21H,15-17H2,1-2H3/t21-/m1/s1. The quantitative estimate of drug-likeness (QED) is 0.475. The zero-order valence-corrected chi connectivity index (χ0v) is 17.4. The Labute approximate surface area is 176 Å². The molecule has 1 aliphatic rings. The van der Waals surface area contributed by atoms with Gasteiger partial charge in [-0.15, -0.1) is 0 Å². The molecule has 0 aliphatic carbocycles. The maximum Gasteiger partial charge on any atom is 0.227 e. The lowest BCUT2D eigenvalue weighted by molar-refractivity contribution is -0.117. The van der Waals surface area contributed by atoms with E-state index in [1.54, 1.807) is 0 Å². The maximum atomic E-state index is 13.0. The molecular formula is C26H25N3O. The van der Waals surface area contributed by atoms with Crippen LogP contribution < -0.4 is 4.90 Å². The van der Waals surface area contributed by atoms with E-state index in [0.29, 0.717) is 13.0 Å². The highest BCUT2D eigenvalue weighted by Crippen LogP contribution is 2.35. The highest BCUT2D eigenvalue weighted by Gasteiger charge is 2.35. The molecule has 0 unspecified atom stereocenters. The van der Waals surface area contributed by atoms with Crippen molar-refractivity contribution < 1.29 is 4.79 Å². The zero-order valence-electron chi connectivity index (χ0n) is 17.4. The highest BCUT2D eigenvalue weighted by molar-refractivity contribution is 5.97. The van der Waals surface area contributed by atoms with Gasteiger partial charge in [-0.05, 0) is 48.7 Å². The van der Waals surface area contributed by atoms with Gasteiger partial charge in [0.2, 0.25) is 5.91 Å². The van der Waals surface area contributed by atoms with Gasteiger partial charge in [-0.3, -0.25) is 4.79 Å². The molecule has 1 aromatic heterocycles. The second kappa shape index (κ2) is 7.45. The fourth-order valence-corrected chi connectivity index (χ4v) is 4.48. The lowest BCUT2D eigenvalue weighted by Crippen LogP contribution is -2.25. The molecule has 4 aromatic rings. The molecule has 150 valence electrons. The summed E-state index contributed by atoms with van der Waals surface area (Å²) in [5.74, 6) is 1.25. The smallest absolute Gasteiger partial charge is 0.227 e. The third-order valence-corrected chi connectivity index (χ3v) is 6.22. The number of rotatable bonds is 4. The summed E-state index contributed by atoms with van der Waals surface area (Å²) in [5, 5.41) is 0. The van der Waals surface area contributed by atoms with Crippen LogP contribution in [0.5, 0.6) is 0 Å². The minimum Gasteiger partial charge on any atom is -0.323 e. The fraction of sp³-hybridized carbons (Fsp3) is 0.231. The van der Waals surface area contributed by atoms with Crippen molar-refractivity contribution >= 4 is 22.6 Å². The Bertz CT molecular complexity index is 1230. The predicted octanol–water partition coefficient (Wildman–Crippen LogP) is 5.22. The number of amides is 1. The van der Waals surface area contributed by atoms with E-state index in [0.717, 1.165) is 29.1 Å². The molecule has 4 heteroatoms. The number of imidazole rings is 1. The number of hydrogen-bond acceptors (Lipinski definition) is 2. The number of aromatic nitrogens is 2. The minimum atomic E-state index is 0.0773. The molecule has 30 heavy (non-hydrogen) atoms. The summed E-state index contributed by atoms with van der Waals surface area (Å²) in [7, 11) is 0. The van der Waals surface area contributed by atoms with Gasteiger partial charge in [0.15, 0.2) is 0 Å². The maximum absolute atomic E-state index is 13.0. The van der Waals surface area contributed by atoms with Gasteiger partial charge in [0.25, 0.3) is 0 Å². The van der Waals surface area contributed by atoms with Crippen LogP contribution in [0.4, 0.5) is 5.69 Å². The number of carbonyl (C=O) groups is 1. The molecule has 0 bridgehead atoms. The van der Waals surface area contributed by atoms with E-state index in [4.69, 9.17) is 4.98 Å². The first kappa shape index (κ1) is 18.6. The topological polar surface area (TPSA) is 38.1 Å². The van der Waals surface area contributed by atoms with Gasteiger partial charge < -0.3 is 9.47 Å². The van der Waals surface area contributed by atoms with Crippen molar-refractivity contribution in [2.45, 2.75) is 32.7 Å². The Morgan fingerprint density at radius 2 is 1.70 bits per heavy atom. The molecule has 2 heterocycles. The third kappa shape index (κ3) is 3.18. The van der Waals surface area contributed by atoms with E-state index in [2.05, 4.69) is 73.0 Å². The largest absolute Gasteiger partial charge is 0.323 e. The first-order valence-corrected chi connectivity index (χ1v) is 10.5. The van der Waals surface area contributed by atoms with Gasteiger partial charge >= 0.3 is 0 Å². The average Bonchev–Trinajstić information content (AvgIpc) is 3.32. The van der Waals surface area contributed by atoms with Gasteiger partial charge in [0, 0.05) is 31.1 Å². The van der Waals surface area contributed by atoms with Gasteiger partial charge in [-0.25, -0.2) is 4.98 Å². The normalized spacial score (nSPS) is 16.5. The lowest BCUT2D eigenvalue weighted by atomic mass is 10.1. The van der Waals surface area contributed by atoms with Crippen molar-refractivity contribution in [1.82, 2.24) is 9.55 Å². The Morgan fingerprint density at radius 3 is 2.53 bits per heavy atom. The van der Waals surface area contributed by atoms with Crippen molar-refractivity contribution in [1.29, 1.82) is 0 Å². The molecule has 5 rings (SSSR count). The second-order valence-electron chi connectivity index (χ2n) is 8.15. The molecule has 0 saturated carbocycles. The Morgan fingerprint density at radius 1 is 0.933 bits per heavy atom. The van der Waals surface area contributed by atoms with Crippen LogP contribution in [0.3, 0.4) is 0 Å². The SMILES string of the molecule is Cc1cccc(N2C[C@H](c3nc4ccccc4n3Cc3ccccc3)CC2=O)c1C. The monoisotopic (exact) mass is 395 g/mol. The number of hydrogen-bond donors (Lipinski definition) is 0. The summed E-state index contributed by atoms with van der Waals surface area (Å²) < 4.78 is 2.29. The first-order valence-electron chi connectivity index (χ1n) is 10.5. The Hall–Kier alpha value is -3.40. The zero-order chi connectivity index (χ0) is 20.7. The molecule has 1 saturated heterocycles. The highest BCUT2D eigenvalue weighted by atomic mass is 16.2. The number of para-hydroxylation sites is 2. The first-order chi connectivity index (χ1) is 14.6. The summed E-state index contributed by atoms with van der Waals surface area (Å²) in [6.45, 7) is 5.61. The number of aryl methyl sites for hydroxylation is 1. The lowest BCUT2D eigenvalue weighted by Gasteiger charge is -2.20. The van der Waals surface area contributed by atoms with Gasteiger partial charge in [-0.1, -0.05) is 54.6 Å². The van der Waals surface area contributed by atoms with E-state index in [9.17, 15) is 4.79 Å². The van der Waals surface area contributed by atoms with Gasteiger partial charge in [0.1, 0.15) is 5.82 Å². The molecule has 1 amide bonds. The van der Waals surface area contributed by atoms with Gasteiger partial charge in [0.05, 0.1) is 11.0 Å². The van der Waals surface area contributed by atoms with Crippen molar-refractivity contribution in [3.63, 3.8) is 0 Å². The summed E-state index contributed by atoms with van der Waals surface area (Å²) >= 11 is 0. The average molecular weight is 396 g/mol. The van der Waals surface area contributed by atoms with Crippen molar-refractivity contribution in [2.24, 2.45) is 0 Å². The summed E-state index contributed by atoms with van der Waals surface area (Å²) in [5.41, 5.74) is 6.74. The minimum absolute atomic E-state index is 0.0773. The van der Waals surface area contributed by atoms with E-state index in [-0.39, 0.29) is 11.8 Å². The van der Waals surface area contributed by atoms with Gasteiger partial charge in [-0.2, -0.15) is 0 Å². The van der Waals surface area contributed by atoms with E-state index in [1.807, 2.05) is 23.1 Å². The third-order valence-electron chi connectivity index (χ3n) is 6.22. The molecule has 1 aliphatic heterocycles. The molecule has 1 fully saturated rings. The van der Waals surface area contributed by atoms with Crippen LogP contribution in [0.1, 0.15) is 34.9 Å². The molecule has 0 N–H and O–H groups in total. The van der Waals surface area contributed by atoms with Crippen molar-refractivity contribution in [3.8, 4) is 0 Å². The molecule has 0 radical (unpaired) electrons. The van der Waals surface area contributed by atoms with Crippen molar-refractivity contribution in [2.75, 3.05) is 11.4 Å². The van der Waals surface area contributed by atoms with Crippen LogP contribution in [0.2, 0.25) is 0 Å². The van der Waals surface area contributed by atoms with Crippen LogP contribution in [0.25, 0.3) is 11.0 Å². The second-order valence-corrected chi connectivity index (χ2v) is 8.15. The van der Waals surface area contributed by atoms with Crippen molar-refractivity contribution in [3.05, 3.63) is 95.3 Å². The molecule has 0 spiro atoms. The van der Waals surface area contributed by atoms with E-state index >= 15 is 0 Å². The van der Waals surface area contributed by atoms with E-state index in [1.165, 1.54) is 16.7 Å². The van der Waals surface area contributed by atoms with E-state index < -0.39 is 0 Å². The fourth-order valence-electron chi connectivity index (χ4n) is 4.48. The summed E-state index contributed by atoms with van der Waals surface area (Å²) in [4.78, 5) is 19.9. The van der Waals surface area contributed by atoms with Crippen LogP contribution >= 0.6 is 0 Å². The number of anilines is 1. The van der Waals surface area contributed by atoms with Crippen LogP contribution in [0.15, 0.2) is 72.8 Å². The molecule has 4 nitrogen and oxygen atoms in total. The Balaban J connectivity index is 1.54. The summed E-state index contributed by atoms with van der Waals surface area (Å²) in [6.07, 6.45) is 0.492. The Kier molecular flexibility index (Phi) is 4.62. The van der Waals surface area contributed by atoms with Crippen LogP contribution in [-0.4, -0.2) is 22.0 Å². The summed E-state index contributed by atoms with van der Waals surface area (Å²) in [6, 6.07) is 24.9. The molecular weight excluding hydrogens is 370 g/mol. The number of benzene rings is 3. The van der Waals surface area contributed by atoms with Crippen LogP contribution in [0, 0.1) is 13.8 Å². The van der Waals surface area contributed by atoms with Crippen LogP contribution in [-0.2, 0) is 11.3 Å². The predicted molar refractivity (Wildman–Crippen MR) is 121 cm³/mol.